The number of aliphatic carboxylic acids is 1. The zero-order valence-corrected chi connectivity index (χ0v) is 21.6. The number of carbonyl (C=O) groups excluding carboxylic acids is 4. The number of carboxylic acid groups (broad SMARTS) is 1. The molecule has 0 aliphatic heterocycles. The minimum Gasteiger partial charge on any atom is -0.480 e. The fraction of sp³-hybridized carbons (Fsp3) is 0.480. The first-order chi connectivity index (χ1) is 17.8. The van der Waals surface area contributed by atoms with Crippen molar-refractivity contribution in [1.29, 1.82) is 0 Å². The molecule has 1 aromatic carbocycles. The molecule has 6 unspecified atom stereocenters. The number of nitrogens with two attached hydrogens (primary N) is 2. The summed E-state index contributed by atoms with van der Waals surface area (Å²) in [7, 11) is 0. The van der Waals surface area contributed by atoms with E-state index in [9.17, 15) is 34.2 Å². The number of aliphatic hydroxyl groups excluding tert-OH is 1. The molecule has 10 N–H and O–H groups in total. The number of aliphatic hydroxyl groups is 1. The number of primary amides is 1. The minimum atomic E-state index is -1.60. The van der Waals surface area contributed by atoms with Crippen LogP contribution in [0.5, 0.6) is 0 Å². The van der Waals surface area contributed by atoms with Crippen LogP contribution in [-0.4, -0.2) is 75.1 Å². The van der Waals surface area contributed by atoms with E-state index in [1.54, 1.807) is 20.0 Å². The lowest BCUT2D eigenvalue weighted by Crippen LogP contribution is -2.60. The molecular weight excluding hydrogens is 496 g/mol. The van der Waals surface area contributed by atoms with Gasteiger partial charge < -0.3 is 42.6 Å². The highest BCUT2D eigenvalue weighted by molar-refractivity contribution is 5.96. The van der Waals surface area contributed by atoms with E-state index in [1.165, 1.54) is 6.92 Å². The molecule has 0 fully saturated rings. The highest BCUT2D eigenvalue weighted by atomic mass is 16.4. The lowest BCUT2D eigenvalue weighted by Gasteiger charge is -2.28. The Morgan fingerprint density at radius 2 is 1.61 bits per heavy atom. The predicted molar refractivity (Wildman–Crippen MR) is 138 cm³/mol. The van der Waals surface area contributed by atoms with E-state index in [1.807, 2.05) is 24.3 Å². The maximum atomic E-state index is 13.1. The van der Waals surface area contributed by atoms with E-state index in [2.05, 4.69) is 20.9 Å². The number of para-hydroxylation sites is 1. The zero-order valence-electron chi connectivity index (χ0n) is 21.6. The number of hydrogen-bond donors (Lipinski definition) is 8. The smallest absolute Gasteiger partial charge is 0.328 e. The molecule has 2 rings (SSSR count). The van der Waals surface area contributed by atoms with Crippen LogP contribution < -0.4 is 27.4 Å². The summed E-state index contributed by atoms with van der Waals surface area (Å²) in [4.78, 5) is 64.9. The first-order valence-electron chi connectivity index (χ1n) is 12.3. The topological polar surface area (TPSA) is 230 Å². The first kappa shape index (κ1) is 30.3. The standard InChI is InChI=1S/C25H36N6O7/c1-4-12(2)20(24(36)31-21(13(3)32)25(37)38)30-23(35)18(10-19(27)33)29-22(34)16(26)9-14-11-28-17-8-6-5-7-15(14)17/h5-8,11-13,16,18,20-21,28,32H,4,9-10,26H2,1-3H3,(H2,27,33)(H,29,34)(H,30,35)(H,31,36)(H,37,38). The van der Waals surface area contributed by atoms with Crippen LogP contribution in [-0.2, 0) is 30.4 Å². The summed E-state index contributed by atoms with van der Waals surface area (Å²) in [6.07, 6.45) is 0.350. The van der Waals surface area contributed by atoms with Gasteiger partial charge in [0.05, 0.1) is 18.6 Å². The third kappa shape index (κ3) is 8.02. The number of carboxylic acids is 1. The van der Waals surface area contributed by atoms with Gasteiger partial charge in [-0.3, -0.25) is 19.2 Å². The van der Waals surface area contributed by atoms with Gasteiger partial charge in [-0.1, -0.05) is 38.5 Å². The molecule has 0 spiro atoms. The monoisotopic (exact) mass is 532 g/mol. The van der Waals surface area contributed by atoms with E-state index >= 15 is 0 Å². The molecule has 2 aromatic rings. The van der Waals surface area contributed by atoms with Crippen molar-refractivity contribution in [1.82, 2.24) is 20.9 Å². The number of aromatic amines is 1. The number of rotatable bonds is 14. The largest absolute Gasteiger partial charge is 0.480 e. The van der Waals surface area contributed by atoms with Gasteiger partial charge in [0.15, 0.2) is 6.04 Å². The summed E-state index contributed by atoms with van der Waals surface area (Å²) >= 11 is 0. The SMILES string of the molecule is CCC(C)C(NC(=O)C(CC(N)=O)NC(=O)C(N)Cc1c[nH]c2ccccc12)C(=O)NC(C(=O)O)C(C)O. The highest BCUT2D eigenvalue weighted by Gasteiger charge is 2.34. The van der Waals surface area contributed by atoms with E-state index in [-0.39, 0.29) is 6.42 Å². The fourth-order valence-corrected chi connectivity index (χ4v) is 3.91. The molecule has 0 saturated carbocycles. The van der Waals surface area contributed by atoms with E-state index in [0.29, 0.717) is 6.42 Å². The van der Waals surface area contributed by atoms with Crippen molar-refractivity contribution in [2.45, 2.75) is 70.3 Å². The molecule has 6 atom stereocenters. The van der Waals surface area contributed by atoms with Gasteiger partial charge in [-0.2, -0.15) is 0 Å². The average Bonchev–Trinajstić information content (AvgIpc) is 3.26. The Kier molecular flexibility index (Phi) is 10.8. The number of hydrogen-bond acceptors (Lipinski definition) is 7. The summed E-state index contributed by atoms with van der Waals surface area (Å²) in [6, 6.07) is 2.15. The van der Waals surface area contributed by atoms with Gasteiger partial charge in [0, 0.05) is 17.1 Å². The van der Waals surface area contributed by atoms with Gasteiger partial charge in [-0.25, -0.2) is 4.79 Å². The summed E-state index contributed by atoms with van der Waals surface area (Å²) in [6.45, 7) is 4.61. The minimum absolute atomic E-state index is 0.147. The maximum absolute atomic E-state index is 13.1. The Morgan fingerprint density at radius 1 is 0.974 bits per heavy atom. The van der Waals surface area contributed by atoms with E-state index < -0.39 is 72.2 Å². The Hall–Kier alpha value is -3.97. The van der Waals surface area contributed by atoms with Crippen molar-refractivity contribution >= 4 is 40.5 Å². The molecule has 208 valence electrons. The molecule has 1 heterocycles. The van der Waals surface area contributed by atoms with Crippen molar-refractivity contribution in [2.24, 2.45) is 17.4 Å². The number of H-pyrrole nitrogens is 1. The lowest BCUT2D eigenvalue weighted by atomic mass is 9.97. The van der Waals surface area contributed by atoms with Gasteiger partial charge >= 0.3 is 5.97 Å². The summed E-state index contributed by atoms with van der Waals surface area (Å²) in [5, 5.41) is 27.0. The first-order valence-corrected chi connectivity index (χ1v) is 12.3. The molecular formula is C25H36N6O7. The van der Waals surface area contributed by atoms with Gasteiger partial charge in [-0.15, -0.1) is 0 Å². The molecule has 1 aromatic heterocycles. The van der Waals surface area contributed by atoms with Gasteiger partial charge in [0.25, 0.3) is 0 Å². The molecule has 0 saturated heterocycles. The summed E-state index contributed by atoms with van der Waals surface area (Å²) in [5.41, 5.74) is 13.0. The van der Waals surface area contributed by atoms with Gasteiger partial charge in [0.2, 0.25) is 23.6 Å². The number of fused-ring (bicyclic) bond motifs is 1. The van der Waals surface area contributed by atoms with Crippen LogP contribution in [0.4, 0.5) is 0 Å². The quantitative estimate of drug-likeness (QED) is 0.148. The normalized spacial score (nSPS) is 15.9. The highest BCUT2D eigenvalue weighted by Crippen LogP contribution is 2.19. The van der Waals surface area contributed by atoms with Crippen LogP contribution in [0.2, 0.25) is 0 Å². The van der Waals surface area contributed by atoms with Crippen molar-refractivity contribution in [3.05, 3.63) is 36.0 Å². The van der Waals surface area contributed by atoms with Crippen molar-refractivity contribution in [3.8, 4) is 0 Å². The molecule has 0 aliphatic rings. The molecule has 4 amide bonds. The maximum Gasteiger partial charge on any atom is 0.328 e. The van der Waals surface area contributed by atoms with Crippen molar-refractivity contribution in [3.63, 3.8) is 0 Å². The van der Waals surface area contributed by atoms with Crippen LogP contribution >= 0.6 is 0 Å². The fourth-order valence-electron chi connectivity index (χ4n) is 3.91. The number of aromatic nitrogens is 1. The molecule has 0 radical (unpaired) electrons. The van der Waals surface area contributed by atoms with Crippen LogP contribution in [0.3, 0.4) is 0 Å². The van der Waals surface area contributed by atoms with Crippen LogP contribution in [0.1, 0.15) is 39.2 Å². The predicted octanol–water partition coefficient (Wildman–Crippen LogP) is -1.12. The number of amides is 4. The Balaban J connectivity index is 2.16. The third-order valence-corrected chi connectivity index (χ3v) is 6.33. The molecule has 0 bridgehead atoms. The van der Waals surface area contributed by atoms with Gasteiger partial charge in [0.1, 0.15) is 12.1 Å². The average molecular weight is 533 g/mol. The van der Waals surface area contributed by atoms with E-state index in [0.717, 1.165) is 16.5 Å². The number of carbonyl (C=O) groups is 5. The number of benzene rings is 1. The molecule has 0 aliphatic carbocycles. The van der Waals surface area contributed by atoms with Crippen LogP contribution in [0.15, 0.2) is 30.5 Å². The summed E-state index contributed by atoms with van der Waals surface area (Å²) in [5.74, 6) is -5.22. The second-order valence-corrected chi connectivity index (χ2v) is 9.34. The molecule has 13 heteroatoms. The van der Waals surface area contributed by atoms with Crippen molar-refractivity contribution in [2.75, 3.05) is 0 Å². The van der Waals surface area contributed by atoms with E-state index in [4.69, 9.17) is 11.5 Å². The Morgan fingerprint density at radius 3 is 2.18 bits per heavy atom. The van der Waals surface area contributed by atoms with Gasteiger partial charge in [-0.05, 0) is 30.9 Å². The van der Waals surface area contributed by atoms with Crippen LogP contribution in [0.25, 0.3) is 10.9 Å². The summed E-state index contributed by atoms with van der Waals surface area (Å²) < 4.78 is 0. The second kappa shape index (κ2) is 13.5. The Labute approximate surface area is 219 Å². The van der Waals surface area contributed by atoms with Crippen molar-refractivity contribution < 1.29 is 34.2 Å². The van der Waals surface area contributed by atoms with Crippen LogP contribution in [0, 0.1) is 5.92 Å². The lowest BCUT2D eigenvalue weighted by molar-refractivity contribution is -0.145. The molecule has 13 nitrogen and oxygen atoms in total. The second-order valence-electron chi connectivity index (χ2n) is 9.34. The Bertz CT molecular complexity index is 1160. The molecule has 38 heavy (non-hydrogen) atoms. The number of nitrogens with one attached hydrogen (secondary N) is 4. The third-order valence-electron chi connectivity index (χ3n) is 6.33. The zero-order chi connectivity index (χ0) is 28.6.